The quantitative estimate of drug-likeness (QED) is 0.148. The standard InChI is InChI=1S/C26H48N6O8/c1-28-24(33)7-11-35-15-17-37-13-9-29-25(34)21-40-23-6-4-2-3-5-22-26(23)30-31-32(22)10-14-38-18-20-39-19-16-36-12-8-27/h23H,2-21,27H2,1H3,(H,28,33)(H,29,34). The van der Waals surface area contributed by atoms with Crippen LogP contribution in [0.4, 0.5) is 0 Å². The van der Waals surface area contributed by atoms with Crippen LogP contribution in [-0.2, 0) is 51.0 Å². The summed E-state index contributed by atoms with van der Waals surface area (Å²) in [7, 11) is 1.59. The van der Waals surface area contributed by atoms with Crippen LogP contribution >= 0.6 is 0 Å². The molecular weight excluding hydrogens is 524 g/mol. The first-order valence-electron chi connectivity index (χ1n) is 14.3. The van der Waals surface area contributed by atoms with Crippen molar-refractivity contribution in [2.24, 2.45) is 5.73 Å². The number of hydrogen-bond donors (Lipinski definition) is 3. The molecule has 4 N–H and O–H groups in total. The van der Waals surface area contributed by atoms with E-state index in [1.165, 1.54) is 0 Å². The predicted octanol–water partition coefficient (Wildman–Crippen LogP) is -0.254. The van der Waals surface area contributed by atoms with E-state index in [1.54, 1.807) is 7.05 Å². The first kappa shape index (κ1) is 34.0. The van der Waals surface area contributed by atoms with E-state index in [0.717, 1.165) is 43.5 Å². The molecule has 1 aliphatic rings. The molecule has 1 aliphatic carbocycles. The largest absolute Gasteiger partial charge is 0.379 e. The lowest BCUT2D eigenvalue weighted by Crippen LogP contribution is -2.31. The number of nitrogens with one attached hydrogen (secondary N) is 2. The Hall–Kier alpha value is -2.20. The first-order chi connectivity index (χ1) is 19.7. The molecule has 1 aromatic heterocycles. The van der Waals surface area contributed by atoms with Crippen molar-refractivity contribution in [3.8, 4) is 0 Å². The molecule has 14 heteroatoms. The second kappa shape index (κ2) is 22.5. The average molecular weight is 573 g/mol. The van der Waals surface area contributed by atoms with Gasteiger partial charge in [0.05, 0.1) is 78.3 Å². The van der Waals surface area contributed by atoms with Crippen LogP contribution in [0.1, 0.15) is 49.6 Å². The molecule has 40 heavy (non-hydrogen) atoms. The van der Waals surface area contributed by atoms with Crippen LogP contribution in [-0.4, -0.2) is 120 Å². The van der Waals surface area contributed by atoms with Crippen molar-refractivity contribution in [3.63, 3.8) is 0 Å². The Morgan fingerprint density at radius 3 is 2.27 bits per heavy atom. The molecule has 2 amide bonds. The smallest absolute Gasteiger partial charge is 0.246 e. The van der Waals surface area contributed by atoms with E-state index in [1.807, 2.05) is 4.68 Å². The van der Waals surface area contributed by atoms with Crippen LogP contribution < -0.4 is 16.4 Å². The molecule has 0 aromatic carbocycles. The van der Waals surface area contributed by atoms with Gasteiger partial charge in [0.15, 0.2) is 0 Å². The van der Waals surface area contributed by atoms with E-state index >= 15 is 0 Å². The molecule has 0 fully saturated rings. The summed E-state index contributed by atoms with van der Waals surface area (Å²) in [6.45, 7) is 6.00. The molecule has 1 heterocycles. The average Bonchev–Trinajstić information content (AvgIpc) is 3.34. The Kier molecular flexibility index (Phi) is 19.1. The van der Waals surface area contributed by atoms with Crippen molar-refractivity contribution in [2.45, 2.75) is 51.2 Å². The maximum absolute atomic E-state index is 12.3. The number of amides is 2. The number of hydrogen-bond acceptors (Lipinski definition) is 11. The van der Waals surface area contributed by atoms with Gasteiger partial charge in [0.2, 0.25) is 11.8 Å². The fraction of sp³-hybridized carbons (Fsp3) is 0.846. The van der Waals surface area contributed by atoms with E-state index in [4.69, 9.17) is 34.2 Å². The van der Waals surface area contributed by atoms with Gasteiger partial charge in [-0.1, -0.05) is 18.1 Å². The normalized spacial score (nSPS) is 15.3. The highest BCUT2D eigenvalue weighted by Gasteiger charge is 2.25. The summed E-state index contributed by atoms with van der Waals surface area (Å²) in [4.78, 5) is 23.4. The third kappa shape index (κ3) is 15.0. The molecule has 0 radical (unpaired) electrons. The van der Waals surface area contributed by atoms with Crippen molar-refractivity contribution < 1.29 is 38.0 Å². The minimum atomic E-state index is -0.270. The van der Waals surface area contributed by atoms with Crippen molar-refractivity contribution in [1.82, 2.24) is 25.6 Å². The summed E-state index contributed by atoms with van der Waals surface area (Å²) in [6.07, 6.45) is 4.88. The molecule has 0 saturated carbocycles. The van der Waals surface area contributed by atoms with Crippen molar-refractivity contribution in [2.75, 3.05) is 92.8 Å². The van der Waals surface area contributed by atoms with E-state index in [0.29, 0.717) is 92.1 Å². The molecule has 1 aromatic rings. The molecule has 0 bridgehead atoms. The second-order valence-electron chi connectivity index (χ2n) is 9.17. The predicted molar refractivity (Wildman–Crippen MR) is 146 cm³/mol. The number of aromatic nitrogens is 3. The van der Waals surface area contributed by atoms with Gasteiger partial charge >= 0.3 is 0 Å². The minimum Gasteiger partial charge on any atom is -0.379 e. The fourth-order valence-electron chi connectivity index (χ4n) is 4.01. The maximum Gasteiger partial charge on any atom is 0.246 e. The number of rotatable bonds is 23. The van der Waals surface area contributed by atoms with Crippen molar-refractivity contribution >= 4 is 11.8 Å². The summed E-state index contributed by atoms with van der Waals surface area (Å²) in [5.41, 5.74) is 7.23. The van der Waals surface area contributed by atoms with Crippen molar-refractivity contribution in [1.29, 1.82) is 0 Å². The first-order valence-corrected chi connectivity index (χ1v) is 14.3. The van der Waals surface area contributed by atoms with Gasteiger partial charge in [-0.3, -0.25) is 9.59 Å². The van der Waals surface area contributed by atoms with E-state index in [-0.39, 0.29) is 24.5 Å². The third-order valence-electron chi connectivity index (χ3n) is 6.11. The van der Waals surface area contributed by atoms with Gasteiger partial charge in [0.1, 0.15) is 18.4 Å². The molecule has 2 rings (SSSR count). The fourth-order valence-corrected chi connectivity index (χ4v) is 4.01. The Morgan fingerprint density at radius 1 is 0.875 bits per heavy atom. The molecule has 230 valence electrons. The number of nitrogens with two attached hydrogens (primary N) is 1. The molecule has 1 unspecified atom stereocenters. The zero-order chi connectivity index (χ0) is 28.7. The Balaban J connectivity index is 1.61. The lowest BCUT2D eigenvalue weighted by Gasteiger charge is -2.20. The van der Waals surface area contributed by atoms with Gasteiger partial charge in [0, 0.05) is 26.6 Å². The van der Waals surface area contributed by atoms with Gasteiger partial charge in [-0.15, -0.1) is 5.10 Å². The molecular formula is C26H48N6O8. The summed E-state index contributed by atoms with van der Waals surface area (Å²) < 4.78 is 35.1. The highest BCUT2D eigenvalue weighted by atomic mass is 16.5. The molecule has 1 atom stereocenters. The zero-order valence-corrected chi connectivity index (χ0v) is 23.9. The number of ether oxygens (including phenoxy) is 6. The van der Waals surface area contributed by atoms with Crippen LogP contribution in [0.2, 0.25) is 0 Å². The lowest BCUT2D eigenvalue weighted by molar-refractivity contribution is -0.128. The van der Waals surface area contributed by atoms with Gasteiger partial charge in [0.25, 0.3) is 0 Å². The van der Waals surface area contributed by atoms with Crippen molar-refractivity contribution in [3.05, 3.63) is 11.4 Å². The maximum atomic E-state index is 12.3. The number of carbonyl (C=O) groups excluding carboxylic acids is 2. The minimum absolute atomic E-state index is 0.0556. The van der Waals surface area contributed by atoms with Crippen LogP contribution in [0, 0.1) is 0 Å². The van der Waals surface area contributed by atoms with Crippen LogP contribution in [0.5, 0.6) is 0 Å². The summed E-state index contributed by atoms with van der Waals surface area (Å²) in [5, 5.41) is 14.1. The zero-order valence-electron chi connectivity index (χ0n) is 23.9. The Bertz CT molecular complexity index is 812. The molecule has 0 saturated heterocycles. The number of nitrogens with zero attached hydrogens (tertiary/aromatic N) is 3. The summed E-state index contributed by atoms with van der Waals surface area (Å²) in [5.74, 6) is -0.266. The van der Waals surface area contributed by atoms with Gasteiger partial charge < -0.3 is 44.8 Å². The highest BCUT2D eigenvalue weighted by Crippen LogP contribution is 2.29. The monoisotopic (exact) mass is 572 g/mol. The Labute approximate surface area is 236 Å². The van der Waals surface area contributed by atoms with Crippen LogP contribution in [0.3, 0.4) is 0 Å². The SMILES string of the molecule is CNC(=O)CCOCCOCCNC(=O)COC1CCCCCc2c1nnn2CCOCCOCCOCCN. The Morgan fingerprint density at radius 2 is 1.55 bits per heavy atom. The van der Waals surface area contributed by atoms with Gasteiger partial charge in [-0.05, 0) is 19.3 Å². The van der Waals surface area contributed by atoms with Crippen LogP contribution in [0.15, 0.2) is 0 Å². The number of carbonyl (C=O) groups is 2. The lowest BCUT2D eigenvalue weighted by atomic mass is 9.99. The van der Waals surface area contributed by atoms with E-state index in [2.05, 4.69) is 20.9 Å². The molecule has 14 nitrogen and oxygen atoms in total. The third-order valence-corrected chi connectivity index (χ3v) is 6.11. The highest BCUT2D eigenvalue weighted by molar-refractivity contribution is 5.77. The van der Waals surface area contributed by atoms with Gasteiger partial charge in [-0.25, -0.2) is 4.68 Å². The summed E-state index contributed by atoms with van der Waals surface area (Å²) >= 11 is 0. The van der Waals surface area contributed by atoms with E-state index in [9.17, 15) is 9.59 Å². The molecule has 0 spiro atoms. The number of fused-ring (bicyclic) bond motifs is 1. The molecule has 0 aliphatic heterocycles. The topological polar surface area (TPSA) is 170 Å². The van der Waals surface area contributed by atoms with Gasteiger partial charge in [-0.2, -0.15) is 0 Å². The second-order valence-corrected chi connectivity index (χ2v) is 9.17. The van der Waals surface area contributed by atoms with Crippen LogP contribution in [0.25, 0.3) is 0 Å². The summed E-state index contributed by atoms with van der Waals surface area (Å²) in [6, 6.07) is 0. The van der Waals surface area contributed by atoms with E-state index < -0.39 is 0 Å².